The molecule has 0 aliphatic carbocycles. The summed E-state index contributed by atoms with van der Waals surface area (Å²) < 4.78 is 33.9. The Labute approximate surface area is 171 Å². The van der Waals surface area contributed by atoms with Crippen LogP contribution in [0.3, 0.4) is 0 Å². The maximum absolute atomic E-state index is 12.0. The van der Waals surface area contributed by atoms with E-state index in [0.29, 0.717) is 11.4 Å². The number of nitrogens with zero attached hydrogens (tertiary/aromatic N) is 1. The Morgan fingerprint density at radius 2 is 1.83 bits per heavy atom. The number of hydrogen-bond donors (Lipinski definition) is 2. The van der Waals surface area contributed by atoms with Crippen molar-refractivity contribution in [2.24, 2.45) is 0 Å². The highest BCUT2D eigenvalue weighted by atomic mass is 32.2. The topological polar surface area (TPSA) is 86.4 Å². The van der Waals surface area contributed by atoms with E-state index in [9.17, 15) is 8.42 Å². The van der Waals surface area contributed by atoms with Crippen molar-refractivity contribution in [3.8, 4) is 17.6 Å². The molecule has 1 aromatic heterocycles. The van der Waals surface area contributed by atoms with Crippen LogP contribution >= 0.6 is 0 Å². The van der Waals surface area contributed by atoms with Crippen LogP contribution in [0.25, 0.3) is 10.9 Å². The molecule has 2 aromatic carbocycles. The number of sulfonamides is 1. The van der Waals surface area contributed by atoms with Crippen molar-refractivity contribution < 1.29 is 13.2 Å². The van der Waals surface area contributed by atoms with Crippen LogP contribution in [-0.2, 0) is 16.6 Å². The molecule has 0 spiro atoms. The average molecular weight is 412 g/mol. The predicted octanol–water partition coefficient (Wildman–Crippen LogP) is 3.80. The fourth-order valence-corrected chi connectivity index (χ4v) is 3.68. The van der Waals surface area contributed by atoms with Crippen molar-refractivity contribution in [2.75, 3.05) is 17.6 Å². The van der Waals surface area contributed by atoms with E-state index >= 15 is 0 Å². The number of aryl methyl sites for hydroxylation is 1. The van der Waals surface area contributed by atoms with Gasteiger partial charge in [0, 0.05) is 29.2 Å². The molecule has 6 nitrogen and oxygen atoms in total. The third-order valence-electron chi connectivity index (χ3n) is 4.72. The Morgan fingerprint density at radius 1 is 1.14 bits per heavy atom. The van der Waals surface area contributed by atoms with Crippen LogP contribution in [0.15, 0.2) is 42.5 Å². The van der Waals surface area contributed by atoms with Crippen LogP contribution in [0.5, 0.6) is 5.75 Å². The van der Waals surface area contributed by atoms with Crippen LogP contribution in [0.1, 0.15) is 32.0 Å². The molecule has 7 heteroatoms. The largest absolute Gasteiger partial charge is 0.497 e. The second-order valence-electron chi connectivity index (χ2n) is 6.91. The zero-order valence-electron chi connectivity index (χ0n) is 17.0. The average Bonchev–Trinajstić information content (AvgIpc) is 2.97. The van der Waals surface area contributed by atoms with Crippen molar-refractivity contribution in [3.05, 3.63) is 53.7 Å². The number of anilines is 2. The Morgan fingerprint density at radius 3 is 2.41 bits per heavy atom. The van der Waals surface area contributed by atoms with Gasteiger partial charge in [-0.2, -0.15) is 0 Å². The van der Waals surface area contributed by atoms with E-state index in [0.717, 1.165) is 34.5 Å². The summed E-state index contributed by atoms with van der Waals surface area (Å²) in [6.07, 6.45) is 0. The first-order valence-electron chi connectivity index (χ1n) is 9.36. The number of methoxy groups -OCH3 is 1. The first kappa shape index (κ1) is 20.6. The number of benzene rings is 2. The SMILES string of the molecule is CCn1c(C#Cc2ccc(NS(=O)(=O)C(C)C)cc2)c(N)c2ccc(OC)cc21. The van der Waals surface area contributed by atoms with Gasteiger partial charge < -0.3 is 15.0 Å². The van der Waals surface area contributed by atoms with Gasteiger partial charge in [0.05, 0.1) is 23.6 Å². The van der Waals surface area contributed by atoms with Crippen LogP contribution in [0.2, 0.25) is 0 Å². The van der Waals surface area contributed by atoms with Gasteiger partial charge in [-0.25, -0.2) is 8.42 Å². The predicted molar refractivity (Wildman–Crippen MR) is 119 cm³/mol. The highest BCUT2D eigenvalue weighted by Crippen LogP contribution is 2.31. The number of fused-ring (bicyclic) bond motifs is 1. The summed E-state index contributed by atoms with van der Waals surface area (Å²) in [6.45, 7) is 6.03. The van der Waals surface area contributed by atoms with E-state index in [2.05, 4.69) is 21.1 Å². The first-order chi connectivity index (χ1) is 13.8. The molecule has 152 valence electrons. The lowest BCUT2D eigenvalue weighted by Crippen LogP contribution is -2.22. The van der Waals surface area contributed by atoms with Gasteiger partial charge in [-0.05, 0) is 63.1 Å². The summed E-state index contributed by atoms with van der Waals surface area (Å²) in [7, 11) is -1.74. The lowest BCUT2D eigenvalue weighted by molar-refractivity contribution is 0.415. The van der Waals surface area contributed by atoms with Gasteiger partial charge in [0.1, 0.15) is 11.4 Å². The molecule has 0 saturated heterocycles. The molecule has 0 aliphatic heterocycles. The Balaban J connectivity index is 1.94. The number of hydrogen-bond acceptors (Lipinski definition) is 4. The molecule has 0 atom stereocenters. The van der Waals surface area contributed by atoms with Gasteiger partial charge >= 0.3 is 0 Å². The molecule has 0 fully saturated rings. The summed E-state index contributed by atoms with van der Waals surface area (Å²) in [5.74, 6) is 7.06. The number of ether oxygens (including phenoxy) is 1. The summed E-state index contributed by atoms with van der Waals surface area (Å²) in [5, 5.41) is 0.440. The molecule has 0 bridgehead atoms. The van der Waals surface area contributed by atoms with Gasteiger partial charge in [-0.3, -0.25) is 4.72 Å². The summed E-state index contributed by atoms with van der Waals surface area (Å²) in [4.78, 5) is 0. The van der Waals surface area contributed by atoms with Crippen molar-refractivity contribution in [2.45, 2.75) is 32.6 Å². The smallest absolute Gasteiger partial charge is 0.235 e. The third kappa shape index (κ3) is 4.17. The number of aromatic nitrogens is 1. The second-order valence-corrected chi connectivity index (χ2v) is 9.15. The molecule has 0 aliphatic rings. The van der Waals surface area contributed by atoms with E-state index in [1.165, 1.54) is 0 Å². The maximum atomic E-state index is 12.0. The Hall–Kier alpha value is -3.11. The zero-order chi connectivity index (χ0) is 21.2. The van der Waals surface area contributed by atoms with Crippen LogP contribution in [0.4, 0.5) is 11.4 Å². The summed E-state index contributed by atoms with van der Waals surface area (Å²) in [6, 6.07) is 12.7. The van der Waals surface area contributed by atoms with Gasteiger partial charge in [-0.15, -0.1) is 0 Å². The molecule has 3 N–H and O–H groups in total. The van der Waals surface area contributed by atoms with Crippen molar-refractivity contribution >= 4 is 32.3 Å². The molecule has 0 unspecified atom stereocenters. The molecule has 3 rings (SSSR count). The second kappa shape index (κ2) is 8.10. The van der Waals surface area contributed by atoms with Crippen molar-refractivity contribution in [1.29, 1.82) is 0 Å². The number of nitrogens with one attached hydrogen (secondary N) is 1. The Kier molecular flexibility index (Phi) is 5.76. The highest BCUT2D eigenvalue weighted by molar-refractivity contribution is 7.93. The molecule has 0 saturated carbocycles. The van der Waals surface area contributed by atoms with E-state index in [1.54, 1.807) is 45.2 Å². The third-order valence-corrected chi connectivity index (χ3v) is 6.48. The minimum Gasteiger partial charge on any atom is -0.497 e. The monoisotopic (exact) mass is 411 g/mol. The van der Waals surface area contributed by atoms with E-state index < -0.39 is 15.3 Å². The van der Waals surface area contributed by atoms with Gasteiger partial charge in [0.25, 0.3) is 0 Å². The lowest BCUT2D eigenvalue weighted by Gasteiger charge is -2.10. The maximum Gasteiger partial charge on any atom is 0.235 e. The van der Waals surface area contributed by atoms with E-state index in [4.69, 9.17) is 10.5 Å². The molecule has 0 amide bonds. The fraction of sp³-hybridized carbons (Fsp3) is 0.273. The van der Waals surface area contributed by atoms with Crippen LogP contribution < -0.4 is 15.2 Å². The normalized spacial score (nSPS) is 11.3. The minimum absolute atomic E-state index is 0.500. The molecule has 29 heavy (non-hydrogen) atoms. The van der Waals surface area contributed by atoms with E-state index in [-0.39, 0.29) is 0 Å². The molecular formula is C22H25N3O3S. The lowest BCUT2D eigenvalue weighted by atomic mass is 10.2. The zero-order valence-corrected chi connectivity index (χ0v) is 17.8. The van der Waals surface area contributed by atoms with E-state index in [1.807, 2.05) is 25.1 Å². The Bertz CT molecular complexity index is 1200. The highest BCUT2D eigenvalue weighted by Gasteiger charge is 2.15. The van der Waals surface area contributed by atoms with Crippen LogP contribution in [-0.4, -0.2) is 25.3 Å². The molecular weight excluding hydrogens is 386 g/mol. The minimum atomic E-state index is -3.37. The standard InChI is InChI=1S/C22H25N3O3S/c1-5-25-20(22(23)19-12-11-18(28-4)14-21(19)25)13-8-16-6-9-17(10-7-16)24-29(26,27)15(2)3/h6-7,9-12,14-15,24H,5,23H2,1-4H3. The number of nitrogens with two attached hydrogens (primary N) is 1. The number of rotatable bonds is 5. The molecule has 0 radical (unpaired) electrons. The quantitative estimate of drug-likeness (QED) is 0.625. The van der Waals surface area contributed by atoms with Gasteiger partial charge in [-0.1, -0.05) is 5.92 Å². The van der Waals surface area contributed by atoms with Gasteiger partial charge in [0.15, 0.2) is 0 Å². The van der Waals surface area contributed by atoms with Crippen molar-refractivity contribution in [1.82, 2.24) is 4.57 Å². The molecule has 3 aromatic rings. The first-order valence-corrected chi connectivity index (χ1v) is 10.9. The number of nitrogen functional groups attached to an aromatic ring is 1. The summed E-state index contributed by atoms with van der Waals surface area (Å²) >= 11 is 0. The van der Waals surface area contributed by atoms with Crippen LogP contribution in [0, 0.1) is 11.8 Å². The fourth-order valence-electron chi connectivity index (χ4n) is 2.98. The summed E-state index contributed by atoms with van der Waals surface area (Å²) in [5.41, 5.74) is 10.00. The van der Waals surface area contributed by atoms with Gasteiger partial charge in [0.2, 0.25) is 10.0 Å². The van der Waals surface area contributed by atoms with Crippen molar-refractivity contribution in [3.63, 3.8) is 0 Å². The molecule has 1 heterocycles.